The molecule has 5 nitrogen and oxygen atoms in total. The van der Waals surface area contributed by atoms with Gasteiger partial charge in [-0.05, 0) is 18.6 Å². The molecule has 2 unspecified atom stereocenters. The smallest absolute Gasteiger partial charge is 0.137 e. The Hall–Kier alpha value is -1.17. The van der Waals surface area contributed by atoms with Gasteiger partial charge in [0.15, 0.2) is 0 Å². The van der Waals surface area contributed by atoms with Crippen LogP contribution in [0.4, 0.5) is 0 Å². The van der Waals surface area contributed by atoms with E-state index >= 15 is 0 Å². The van der Waals surface area contributed by atoms with E-state index in [2.05, 4.69) is 4.98 Å². The summed E-state index contributed by atoms with van der Waals surface area (Å²) in [4.78, 5) is 3.94. The highest BCUT2D eigenvalue weighted by molar-refractivity contribution is 5.21. The molecule has 0 saturated heterocycles. The molecular formula is C10H15NO4. The quantitative estimate of drug-likeness (QED) is 0.634. The molecule has 1 heterocycles. The van der Waals surface area contributed by atoms with Crippen LogP contribution in [0.2, 0.25) is 0 Å². The molecule has 1 aromatic heterocycles. The van der Waals surface area contributed by atoms with Crippen molar-refractivity contribution < 1.29 is 20.1 Å². The maximum absolute atomic E-state index is 9.62. The molecule has 0 aliphatic heterocycles. The van der Waals surface area contributed by atoms with Crippen molar-refractivity contribution in [2.24, 2.45) is 0 Å². The lowest BCUT2D eigenvalue weighted by Gasteiger charge is -2.16. The minimum atomic E-state index is -1.08. The third-order valence-corrected chi connectivity index (χ3v) is 2.09. The van der Waals surface area contributed by atoms with Gasteiger partial charge in [0.2, 0.25) is 0 Å². The SMILES string of the molecule is COc1ccc(C(O)C(O)CCO)nc1. The second kappa shape index (κ2) is 5.65. The van der Waals surface area contributed by atoms with Gasteiger partial charge in [0, 0.05) is 6.61 Å². The summed E-state index contributed by atoms with van der Waals surface area (Å²) < 4.78 is 4.91. The number of aromatic nitrogens is 1. The summed E-state index contributed by atoms with van der Waals surface area (Å²) in [5.41, 5.74) is 0.358. The van der Waals surface area contributed by atoms with Gasteiger partial charge in [-0.25, -0.2) is 0 Å². The van der Waals surface area contributed by atoms with Crippen molar-refractivity contribution >= 4 is 0 Å². The monoisotopic (exact) mass is 213 g/mol. The first-order valence-corrected chi connectivity index (χ1v) is 4.66. The van der Waals surface area contributed by atoms with Gasteiger partial charge in [-0.2, -0.15) is 0 Å². The summed E-state index contributed by atoms with van der Waals surface area (Å²) in [7, 11) is 1.52. The Labute approximate surface area is 88.0 Å². The molecule has 0 saturated carbocycles. The van der Waals surface area contributed by atoms with E-state index in [0.717, 1.165) is 0 Å². The lowest BCUT2D eigenvalue weighted by molar-refractivity contribution is 0.00188. The summed E-state index contributed by atoms with van der Waals surface area (Å²) in [5, 5.41) is 27.6. The van der Waals surface area contributed by atoms with Crippen molar-refractivity contribution in [3.05, 3.63) is 24.0 Å². The van der Waals surface area contributed by atoms with Gasteiger partial charge in [0.05, 0.1) is 25.1 Å². The molecule has 0 aliphatic carbocycles. The van der Waals surface area contributed by atoms with Crippen LogP contribution in [0.25, 0.3) is 0 Å². The molecule has 84 valence electrons. The first kappa shape index (κ1) is 11.9. The number of methoxy groups -OCH3 is 1. The minimum Gasteiger partial charge on any atom is -0.495 e. The molecular weight excluding hydrogens is 198 g/mol. The Bertz CT molecular complexity index is 288. The molecule has 15 heavy (non-hydrogen) atoms. The average Bonchev–Trinajstić information content (AvgIpc) is 2.28. The van der Waals surface area contributed by atoms with Crippen molar-refractivity contribution in [2.45, 2.75) is 18.6 Å². The molecule has 0 fully saturated rings. The van der Waals surface area contributed by atoms with Crippen molar-refractivity contribution in [1.29, 1.82) is 0 Å². The van der Waals surface area contributed by atoms with Gasteiger partial charge < -0.3 is 20.1 Å². The van der Waals surface area contributed by atoms with E-state index in [1.165, 1.54) is 13.3 Å². The number of hydrogen-bond acceptors (Lipinski definition) is 5. The molecule has 1 aromatic rings. The van der Waals surface area contributed by atoms with Gasteiger partial charge in [-0.15, -0.1) is 0 Å². The Morgan fingerprint density at radius 1 is 1.40 bits per heavy atom. The molecule has 5 heteroatoms. The maximum Gasteiger partial charge on any atom is 0.137 e. The van der Waals surface area contributed by atoms with Crippen LogP contribution in [0.15, 0.2) is 18.3 Å². The third-order valence-electron chi connectivity index (χ3n) is 2.09. The molecule has 3 N–H and O–H groups in total. The first-order chi connectivity index (χ1) is 7.19. The summed E-state index contributed by atoms with van der Waals surface area (Å²) in [5.74, 6) is 0.586. The number of aliphatic hydroxyl groups is 3. The lowest BCUT2D eigenvalue weighted by Crippen LogP contribution is -2.20. The van der Waals surface area contributed by atoms with Gasteiger partial charge >= 0.3 is 0 Å². The van der Waals surface area contributed by atoms with Gasteiger partial charge in [-0.3, -0.25) is 4.98 Å². The maximum atomic E-state index is 9.62. The largest absolute Gasteiger partial charge is 0.495 e. The number of rotatable bonds is 5. The second-order valence-electron chi connectivity index (χ2n) is 3.15. The summed E-state index contributed by atoms with van der Waals surface area (Å²) in [6, 6.07) is 3.22. The Kier molecular flexibility index (Phi) is 4.48. The zero-order valence-corrected chi connectivity index (χ0v) is 8.50. The molecule has 0 aromatic carbocycles. The standard InChI is InChI=1S/C10H15NO4/c1-15-7-2-3-8(11-6-7)10(14)9(13)4-5-12/h2-3,6,9-10,12-14H,4-5H2,1H3. The topological polar surface area (TPSA) is 82.8 Å². The van der Waals surface area contributed by atoms with Crippen LogP contribution in [-0.4, -0.2) is 40.1 Å². The van der Waals surface area contributed by atoms with E-state index in [0.29, 0.717) is 11.4 Å². The highest BCUT2D eigenvalue weighted by atomic mass is 16.5. The zero-order valence-electron chi connectivity index (χ0n) is 8.50. The Balaban J connectivity index is 2.69. The minimum absolute atomic E-state index is 0.120. The number of hydrogen-bond donors (Lipinski definition) is 3. The van der Waals surface area contributed by atoms with Crippen molar-refractivity contribution in [3.8, 4) is 5.75 Å². The van der Waals surface area contributed by atoms with Crippen LogP contribution in [0, 0.1) is 0 Å². The van der Waals surface area contributed by atoms with E-state index in [1.807, 2.05) is 0 Å². The van der Waals surface area contributed by atoms with E-state index in [-0.39, 0.29) is 13.0 Å². The fraction of sp³-hybridized carbons (Fsp3) is 0.500. The van der Waals surface area contributed by atoms with Crippen LogP contribution < -0.4 is 4.74 Å². The zero-order chi connectivity index (χ0) is 11.3. The highest BCUT2D eigenvalue weighted by Crippen LogP contribution is 2.18. The Morgan fingerprint density at radius 2 is 2.13 bits per heavy atom. The first-order valence-electron chi connectivity index (χ1n) is 4.66. The van der Waals surface area contributed by atoms with E-state index < -0.39 is 12.2 Å². The lowest BCUT2D eigenvalue weighted by atomic mass is 10.1. The van der Waals surface area contributed by atoms with Crippen LogP contribution in [0.1, 0.15) is 18.2 Å². The van der Waals surface area contributed by atoms with Crippen LogP contribution in [-0.2, 0) is 0 Å². The van der Waals surface area contributed by atoms with E-state index in [9.17, 15) is 10.2 Å². The van der Waals surface area contributed by atoms with Crippen molar-refractivity contribution in [3.63, 3.8) is 0 Å². The second-order valence-corrected chi connectivity index (χ2v) is 3.15. The molecule has 0 radical (unpaired) electrons. The summed E-state index contributed by atoms with van der Waals surface area (Å²) in [6.07, 6.45) is -0.502. The number of nitrogens with zero attached hydrogens (tertiary/aromatic N) is 1. The number of pyridine rings is 1. The molecule has 0 bridgehead atoms. The van der Waals surface area contributed by atoms with Gasteiger partial charge in [-0.1, -0.05) is 0 Å². The summed E-state index contributed by atoms with van der Waals surface area (Å²) >= 11 is 0. The van der Waals surface area contributed by atoms with Crippen molar-refractivity contribution in [1.82, 2.24) is 4.98 Å². The predicted octanol–water partition coefficient (Wildman–Crippen LogP) is -0.133. The fourth-order valence-electron chi connectivity index (χ4n) is 1.17. The molecule has 0 spiro atoms. The van der Waals surface area contributed by atoms with Crippen molar-refractivity contribution in [2.75, 3.05) is 13.7 Å². The van der Waals surface area contributed by atoms with Crippen LogP contribution >= 0.6 is 0 Å². The normalized spacial score (nSPS) is 14.7. The number of ether oxygens (including phenoxy) is 1. The van der Waals surface area contributed by atoms with Crippen LogP contribution in [0.5, 0.6) is 5.75 Å². The fourth-order valence-corrected chi connectivity index (χ4v) is 1.17. The molecule has 2 atom stereocenters. The molecule has 0 aliphatic rings. The van der Waals surface area contributed by atoms with Crippen LogP contribution in [0.3, 0.4) is 0 Å². The molecule has 0 amide bonds. The average molecular weight is 213 g/mol. The highest BCUT2D eigenvalue weighted by Gasteiger charge is 2.18. The summed E-state index contributed by atoms with van der Waals surface area (Å²) in [6.45, 7) is -0.172. The molecule has 1 rings (SSSR count). The van der Waals surface area contributed by atoms with E-state index in [1.54, 1.807) is 12.1 Å². The van der Waals surface area contributed by atoms with E-state index in [4.69, 9.17) is 9.84 Å². The third kappa shape index (κ3) is 3.16. The predicted molar refractivity (Wildman–Crippen MR) is 53.5 cm³/mol. The van der Waals surface area contributed by atoms with Gasteiger partial charge in [0.25, 0.3) is 0 Å². The number of aliphatic hydroxyl groups excluding tert-OH is 3. The Morgan fingerprint density at radius 3 is 2.60 bits per heavy atom. The van der Waals surface area contributed by atoms with Gasteiger partial charge in [0.1, 0.15) is 11.9 Å².